The standard InChI is InChI=1S/C20H27N3O2S/c1-25-18-8-7-15(12-17(18)23-9-3-2-4-19(23)24)21-20(26)22-16-11-13-5-6-14(16)10-13/h7-8,12-14,16H,2-6,9-11H2,1H3,(H2,21,22,26). The van der Waals surface area contributed by atoms with E-state index in [0.29, 0.717) is 17.6 Å². The fourth-order valence-electron chi connectivity index (χ4n) is 4.80. The van der Waals surface area contributed by atoms with Crippen LogP contribution in [-0.2, 0) is 4.79 Å². The van der Waals surface area contributed by atoms with Crippen molar-refractivity contribution < 1.29 is 9.53 Å². The lowest BCUT2D eigenvalue weighted by Gasteiger charge is -2.29. The Balaban J connectivity index is 1.45. The van der Waals surface area contributed by atoms with Crippen LogP contribution in [0, 0.1) is 11.8 Å². The zero-order valence-electron chi connectivity index (χ0n) is 15.3. The molecule has 2 aliphatic carbocycles. The Kier molecular flexibility index (Phi) is 5.02. The minimum atomic E-state index is 0.161. The summed E-state index contributed by atoms with van der Waals surface area (Å²) >= 11 is 5.54. The third-order valence-corrected chi connectivity index (χ3v) is 6.33. The minimum Gasteiger partial charge on any atom is -0.495 e. The van der Waals surface area contributed by atoms with Gasteiger partial charge in [0, 0.05) is 24.7 Å². The van der Waals surface area contributed by atoms with Gasteiger partial charge in [0.2, 0.25) is 5.91 Å². The summed E-state index contributed by atoms with van der Waals surface area (Å²) in [6, 6.07) is 6.33. The van der Waals surface area contributed by atoms with Crippen molar-refractivity contribution in [1.29, 1.82) is 0 Å². The van der Waals surface area contributed by atoms with Gasteiger partial charge in [-0.25, -0.2) is 0 Å². The van der Waals surface area contributed by atoms with E-state index in [1.807, 2.05) is 23.1 Å². The summed E-state index contributed by atoms with van der Waals surface area (Å²) in [7, 11) is 1.64. The second kappa shape index (κ2) is 7.43. The maximum Gasteiger partial charge on any atom is 0.227 e. The van der Waals surface area contributed by atoms with Crippen molar-refractivity contribution >= 4 is 34.6 Å². The maximum atomic E-state index is 12.3. The number of methoxy groups -OCH3 is 1. The van der Waals surface area contributed by atoms with Gasteiger partial charge in [0.1, 0.15) is 5.75 Å². The number of hydrogen-bond acceptors (Lipinski definition) is 3. The van der Waals surface area contributed by atoms with E-state index in [1.54, 1.807) is 7.11 Å². The summed E-state index contributed by atoms with van der Waals surface area (Å²) in [4.78, 5) is 14.1. The molecule has 3 atom stereocenters. The lowest BCUT2D eigenvalue weighted by atomic mass is 9.96. The largest absolute Gasteiger partial charge is 0.495 e. The van der Waals surface area contributed by atoms with Crippen LogP contribution in [0.25, 0.3) is 0 Å². The normalized spacial score (nSPS) is 27.5. The molecule has 1 aromatic rings. The van der Waals surface area contributed by atoms with Crippen LogP contribution in [0.5, 0.6) is 5.75 Å². The molecule has 1 aromatic carbocycles. The van der Waals surface area contributed by atoms with Crippen molar-refractivity contribution in [1.82, 2.24) is 5.32 Å². The Bertz CT molecular complexity index is 708. The number of nitrogens with zero attached hydrogens (tertiary/aromatic N) is 1. The number of hydrogen-bond donors (Lipinski definition) is 2. The first-order valence-electron chi connectivity index (χ1n) is 9.70. The number of rotatable bonds is 4. The SMILES string of the molecule is COc1ccc(NC(=S)NC2CC3CCC2C3)cc1N1CCCCC1=O. The lowest BCUT2D eigenvalue weighted by molar-refractivity contribution is -0.119. The molecule has 5 nitrogen and oxygen atoms in total. The number of anilines is 2. The van der Waals surface area contributed by atoms with Gasteiger partial charge in [-0.05, 0) is 74.4 Å². The summed E-state index contributed by atoms with van der Waals surface area (Å²) in [5, 5.41) is 7.47. The zero-order valence-corrected chi connectivity index (χ0v) is 16.1. The summed E-state index contributed by atoms with van der Waals surface area (Å²) < 4.78 is 5.48. The molecule has 1 saturated heterocycles. The Morgan fingerprint density at radius 1 is 1.27 bits per heavy atom. The molecule has 1 amide bonds. The molecule has 140 valence electrons. The first-order valence-corrected chi connectivity index (χ1v) is 10.1. The smallest absolute Gasteiger partial charge is 0.227 e. The van der Waals surface area contributed by atoms with Crippen molar-refractivity contribution in [2.45, 2.75) is 51.0 Å². The molecule has 1 aliphatic heterocycles. The number of nitrogens with one attached hydrogen (secondary N) is 2. The number of piperidine rings is 1. The minimum absolute atomic E-state index is 0.161. The second-order valence-electron chi connectivity index (χ2n) is 7.77. The molecule has 0 spiro atoms. The van der Waals surface area contributed by atoms with Gasteiger partial charge in [0.15, 0.2) is 5.11 Å². The van der Waals surface area contributed by atoms with Crippen LogP contribution in [0.4, 0.5) is 11.4 Å². The molecule has 0 aromatic heterocycles. The van der Waals surface area contributed by atoms with Gasteiger partial charge in [-0.1, -0.05) is 6.42 Å². The van der Waals surface area contributed by atoms with E-state index in [4.69, 9.17) is 17.0 Å². The molecule has 4 rings (SSSR count). The van der Waals surface area contributed by atoms with Gasteiger partial charge in [0.25, 0.3) is 0 Å². The summed E-state index contributed by atoms with van der Waals surface area (Å²) in [6.07, 6.45) is 7.89. The fourth-order valence-corrected chi connectivity index (χ4v) is 5.07. The molecule has 2 N–H and O–H groups in total. The lowest BCUT2D eigenvalue weighted by Crippen LogP contribution is -2.40. The van der Waals surface area contributed by atoms with Crippen molar-refractivity contribution in [2.24, 2.45) is 11.8 Å². The number of ether oxygens (including phenoxy) is 1. The van der Waals surface area contributed by atoms with Crippen LogP contribution < -0.4 is 20.3 Å². The summed E-state index contributed by atoms with van der Waals surface area (Å²) in [5.41, 5.74) is 1.71. The molecular formula is C20H27N3O2S. The van der Waals surface area contributed by atoms with Crippen LogP contribution in [0.1, 0.15) is 44.9 Å². The van der Waals surface area contributed by atoms with E-state index in [2.05, 4.69) is 10.6 Å². The quantitative estimate of drug-likeness (QED) is 0.789. The summed E-state index contributed by atoms with van der Waals surface area (Å²) in [6.45, 7) is 0.743. The van der Waals surface area contributed by atoms with Gasteiger partial charge in [-0.2, -0.15) is 0 Å². The fraction of sp³-hybridized carbons (Fsp3) is 0.600. The molecule has 1 heterocycles. The molecule has 2 bridgehead atoms. The van der Waals surface area contributed by atoms with Crippen molar-refractivity contribution in [3.8, 4) is 5.75 Å². The van der Waals surface area contributed by atoms with Crippen LogP contribution in [0.15, 0.2) is 18.2 Å². The van der Waals surface area contributed by atoms with Crippen LogP contribution >= 0.6 is 12.2 Å². The highest BCUT2D eigenvalue weighted by molar-refractivity contribution is 7.80. The predicted molar refractivity (Wildman–Crippen MR) is 108 cm³/mol. The molecule has 0 radical (unpaired) electrons. The average molecular weight is 374 g/mol. The van der Waals surface area contributed by atoms with E-state index in [-0.39, 0.29) is 5.91 Å². The predicted octanol–water partition coefficient (Wildman–Crippen LogP) is 3.69. The van der Waals surface area contributed by atoms with E-state index in [9.17, 15) is 4.79 Å². The molecule has 3 fully saturated rings. The number of fused-ring (bicyclic) bond motifs is 2. The van der Waals surface area contributed by atoms with E-state index in [1.165, 1.54) is 25.7 Å². The van der Waals surface area contributed by atoms with E-state index >= 15 is 0 Å². The molecule has 3 aliphatic rings. The highest BCUT2D eigenvalue weighted by Gasteiger charge is 2.39. The Morgan fingerprint density at radius 2 is 2.15 bits per heavy atom. The van der Waals surface area contributed by atoms with Crippen LogP contribution in [-0.4, -0.2) is 30.7 Å². The average Bonchev–Trinajstić information content (AvgIpc) is 3.25. The van der Waals surface area contributed by atoms with Gasteiger partial charge in [-0.15, -0.1) is 0 Å². The Morgan fingerprint density at radius 3 is 2.85 bits per heavy atom. The molecular weight excluding hydrogens is 346 g/mol. The molecule has 26 heavy (non-hydrogen) atoms. The van der Waals surface area contributed by atoms with Gasteiger partial charge < -0.3 is 20.3 Å². The maximum absolute atomic E-state index is 12.3. The molecule has 6 heteroatoms. The zero-order chi connectivity index (χ0) is 18.1. The van der Waals surface area contributed by atoms with Crippen molar-refractivity contribution in [3.05, 3.63) is 18.2 Å². The third kappa shape index (κ3) is 3.52. The Labute approximate surface area is 160 Å². The van der Waals surface area contributed by atoms with E-state index < -0.39 is 0 Å². The number of carbonyl (C=O) groups is 1. The van der Waals surface area contributed by atoms with Crippen LogP contribution in [0.2, 0.25) is 0 Å². The first kappa shape index (κ1) is 17.6. The molecule has 2 saturated carbocycles. The second-order valence-corrected chi connectivity index (χ2v) is 8.18. The van der Waals surface area contributed by atoms with E-state index in [0.717, 1.165) is 48.3 Å². The van der Waals surface area contributed by atoms with Gasteiger partial charge >= 0.3 is 0 Å². The first-order chi connectivity index (χ1) is 12.6. The third-order valence-electron chi connectivity index (χ3n) is 6.11. The number of carbonyl (C=O) groups excluding carboxylic acids is 1. The van der Waals surface area contributed by atoms with Crippen molar-refractivity contribution in [2.75, 3.05) is 23.9 Å². The number of amides is 1. The monoisotopic (exact) mass is 373 g/mol. The van der Waals surface area contributed by atoms with Gasteiger partial charge in [0.05, 0.1) is 12.8 Å². The Hall–Kier alpha value is -1.82. The topological polar surface area (TPSA) is 53.6 Å². The van der Waals surface area contributed by atoms with Crippen LogP contribution in [0.3, 0.4) is 0 Å². The highest BCUT2D eigenvalue weighted by atomic mass is 32.1. The number of thiocarbonyl (C=S) groups is 1. The highest BCUT2D eigenvalue weighted by Crippen LogP contribution is 2.44. The van der Waals surface area contributed by atoms with Gasteiger partial charge in [-0.3, -0.25) is 4.79 Å². The van der Waals surface area contributed by atoms with Crippen molar-refractivity contribution in [3.63, 3.8) is 0 Å². The number of benzene rings is 1. The molecule has 3 unspecified atom stereocenters. The summed E-state index contributed by atoms with van der Waals surface area (Å²) in [5.74, 6) is 2.54.